The minimum Gasteiger partial charge on any atom is -0.481 e. The van der Waals surface area contributed by atoms with Crippen LogP contribution in [0.15, 0.2) is 0 Å². The van der Waals surface area contributed by atoms with Crippen LogP contribution in [0, 0.1) is 11.3 Å². The average molecular weight is 1090 g/mol. The maximum absolute atomic E-state index is 14.1. The third kappa shape index (κ3) is 24.5. The summed E-state index contributed by atoms with van der Waals surface area (Å²) >= 11 is 1.23. The van der Waals surface area contributed by atoms with Gasteiger partial charge in [-0.15, -0.1) is 0 Å². The van der Waals surface area contributed by atoms with Crippen molar-refractivity contribution in [2.45, 2.75) is 159 Å². The summed E-state index contributed by atoms with van der Waals surface area (Å²) in [5.41, 5.74) is 16.2. The third-order valence-electron chi connectivity index (χ3n) is 11.7. The first-order valence-corrected chi connectivity index (χ1v) is 25.4. The second-order valence-electron chi connectivity index (χ2n) is 17.8. The Morgan fingerprint density at radius 2 is 1.09 bits per heavy atom. The Hall–Kier alpha value is -7.31. The van der Waals surface area contributed by atoms with Gasteiger partial charge in [-0.05, 0) is 76.2 Å². The number of likely N-dealkylation sites (tertiary alicyclic amines) is 1. The van der Waals surface area contributed by atoms with Crippen LogP contribution in [0.25, 0.3) is 0 Å². The van der Waals surface area contributed by atoms with E-state index >= 15 is 0 Å². The Labute approximate surface area is 436 Å². The van der Waals surface area contributed by atoms with Crippen molar-refractivity contribution in [3.63, 3.8) is 0 Å². The fourth-order valence-electron chi connectivity index (χ4n) is 7.44. The highest BCUT2D eigenvalue weighted by molar-refractivity contribution is 7.98. The van der Waals surface area contributed by atoms with Gasteiger partial charge in [0, 0.05) is 32.4 Å². The van der Waals surface area contributed by atoms with Gasteiger partial charge in [-0.3, -0.25) is 62.9 Å². The molecule has 0 aliphatic carbocycles. The number of carboxylic acids is 4. The van der Waals surface area contributed by atoms with E-state index in [4.69, 9.17) is 22.6 Å². The summed E-state index contributed by atoms with van der Waals surface area (Å²) in [5, 5.41) is 64.7. The molecule has 0 unspecified atom stereocenters. The lowest BCUT2D eigenvalue weighted by atomic mass is 9.96. The van der Waals surface area contributed by atoms with E-state index in [-0.39, 0.29) is 50.9 Å². The van der Waals surface area contributed by atoms with Crippen molar-refractivity contribution in [3.8, 4) is 0 Å². The lowest BCUT2D eigenvalue weighted by Crippen LogP contribution is -2.61. The van der Waals surface area contributed by atoms with Crippen molar-refractivity contribution in [2.24, 2.45) is 23.1 Å². The highest BCUT2D eigenvalue weighted by atomic mass is 32.2. The van der Waals surface area contributed by atoms with Crippen LogP contribution in [0.3, 0.4) is 0 Å². The Morgan fingerprint density at radius 1 is 0.627 bits per heavy atom. The minimum atomic E-state index is -1.93. The number of nitrogens with zero attached hydrogens (tertiary/aromatic N) is 1. The molecule has 1 aliphatic rings. The van der Waals surface area contributed by atoms with Gasteiger partial charge in [0.15, 0.2) is 5.96 Å². The van der Waals surface area contributed by atoms with Crippen LogP contribution >= 0.6 is 11.8 Å². The number of hydrogen-bond donors (Lipinski definition) is 16. The number of amides is 9. The highest BCUT2D eigenvalue weighted by Gasteiger charge is 2.39. The Balaban J connectivity index is 3.50. The molecule has 19 N–H and O–H groups in total. The van der Waals surface area contributed by atoms with Crippen molar-refractivity contribution in [2.75, 3.05) is 25.1 Å². The van der Waals surface area contributed by atoms with Crippen LogP contribution in [0.1, 0.15) is 104 Å². The van der Waals surface area contributed by atoms with E-state index in [9.17, 15) is 82.8 Å². The zero-order chi connectivity index (χ0) is 57.1. The largest absolute Gasteiger partial charge is 0.481 e. The van der Waals surface area contributed by atoms with Gasteiger partial charge >= 0.3 is 23.9 Å². The van der Waals surface area contributed by atoms with Gasteiger partial charge in [-0.2, -0.15) is 11.8 Å². The lowest BCUT2D eigenvalue weighted by molar-refractivity contribution is -0.143. The van der Waals surface area contributed by atoms with Crippen molar-refractivity contribution < 1.29 is 82.8 Å². The molecule has 0 bridgehead atoms. The highest BCUT2D eigenvalue weighted by Crippen LogP contribution is 2.19. The fourth-order valence-corrected chi connectivity index (χ4v) is 7.91. The molecule has 0 aromatic rings. The monoisotopic (exact) mass is 1090 g/mol. The summed E-state index contributed by atoms with van der Waals surface area (Å²) in [7, 11) is 0. The van der Waals surface area contributed by atoms with Gasteiger partial charge in [-0.25, -0.2) is 4.79 Å². The number of nitrogens with two attached hydrogens (primary N) is 3. The molecule has 0 saturated carbocycles. The van der Waals surface area contributed by atoms with Crippen molar-refractivity contribution in [1.82, 2.24) is 47.4 Å². The quantitative estimate of drug-likeness (QED) is 0.0159. The number of rotatable bonds is 36. The molecule has 1 saturated heterocycles. The summed E-state index contributed by atoms with van der Waals surface area (Å²) in [6, 6.07) is -13.5. The Kier molecular flexibility index (Phi) is 29.3. The van der Waals surface area contributed by atoms with Crippen molar-refractivity contribution >= 4 is 94.8 Å². The molecule has 0 aromatic heterocycles. The van der Waals surface area contributed by atoms with Crippen LogP contribution < -0.4 is 59.7 Å². The normalized spacial score (nSPS) is 16.5. The summed E-state index contributed by atoms with van der Waals surface area (Å²) in [6.07, 6.45) is -2.22. The van der Waals surface area contributed by atoms with Crippen LogP contribution in [0.4, 0.5) is 0 Å². The van der Waals surface area contributed by atoms with E-state index in [2.05, 4.69) is 42.5 Å². The average Bonchev–Trinajstić information content (AvgIpc) is 3.83. The van der Waals surface area contributed by atoms with E-state index in [1.54, 1.807) is 20.1 Å². The van der Waals surface area contributed by atoms with E-state index in [0.29, 0.717) is 6.42 Å². The van der Waals surface area contributed by atoms with Crippen LogP contribution in [-0.2, 0) is 62.3 Å². The van der Waals surface area contributed by atoms with Gasteiger partial charge in [-0.1, -0.05) is 20.3 Å². The number of thioether (sulfide) groups is 1. The van der Waals surface area contributed by atoms with Crippen LogP contribution in [0.5, 0.6) is 0 Å². The molecule has 9 amide bonds. The summed E-state index contributed by atoms with van der Waals surface area (Å²) in [6.45, 7) is 4.79. The minimum absolute atomic E-state index is 0.00438. The topological polar surface area (TPSA) is 504 Å². The zero-order valence-electron chi connectivity index (χ0n) is 42.3. The molecule has 0 radical (unpaired) electrons. The molecule has 30 nitrogen and oxygen atoms in total. The SMILES string of the molecule is CC[C@H](C)[C@H](NC(=O)[C@H](CCC(=O)O)NC(=O)[C@H](CCC(=O)O)NC(=O)[C@@H]1CCCN1C(=O)[C@H](C)N)C(=O)N[C@@H](CCSC)C(=O)N[C@@H](CC(=O)O)C(=O)N[C@@H](CCCNC(=N)N)C(=O)N[C@@H](CCC(N)=O)C(=O)O. The molecule has 31 heteroatoms. The molecule has 0 spiro atoms. The van der Waals surface area contributed by atoms with E-state index in [1.165, 1.54) is 23.6 Å². The number of carbonyl (C=O) groups is 13. The second kappa shape index (κ2) is 33.5. The van der Waals surface area contributed by atoms with E-state index in [1.807, 2.05) is 0 Å². The molecule has 10 atom stereocenters. The maximum atomic E-state index is 14.1. The standard InChI is InChI=1S/C44H73N13O17S/c1-5-21(2)34(56-38(68)25(12-15-32(61)62)51-36(66)24(11-14-31(59)60)52-40(70)29-9-7-18-57(29)42(72)22(3)45)41(71)53-26(16-19-75-4)37(67)55-28(20-33(63)64)39(69)50-23(8-6-17-49-44(47)48)35(65)54-27(43(73)74)10-13-30(46)58/h21-29,34H,5-20,45H2,1-4H3,(H2,46,58)(H,50,69)(H,51,66)(H,52,70)(H,53,71)(H,54,65)(H,55,67)(H,56,68)(H,59,60)(H,61,62)(H,63,64)(H,73,74)(H4,47,48,49)/t21-,22-,23-,24-,25-,26-,27-,28-,29-,34-/m0/s1. The van der Waals surface area contributed by atoms with Gasteiger partial charge < -0.3 is 85.1 Å². The predicted molar refractivity (Wildman–Crippen MR) is 266 cm³/mol. The van der Waals surface area contributed by atoms with Gasteiger partial charge in [0.05, 0.1) is 12.5 Å². The maximum Gasteiger partial charge on any atom is 0.326 e. The third-order valence-corrected chi connectivity index (χ3v) is 12.4. The number of carbonyl (C=O) groups excluding carboxylic acids is 9. The number of guanidine groups is 1. The second-order valence-corrected chi connectivity index (χ2v) is 18.8. The van der Waals surface area contributed by atoms with Crippen molar-refractivity contribution in [1.29, 1.82) is 5.41 Å². The smallest absolute Gasteiger partial charge is 0.326 e. The van der Waals surface area contributed by atoms with E-state index in [0.717, 1.165) is 0 Å². The number of nitrogens with one attached hydrogen (secondary N) is 9. The van der Waals surface area contributed by atoms with Crippen molar-refractivity contribution in [3.05, 3.63) is 0 Å². The Morgan fingerprint density at radius 3 is 1.57 bits per heavy atom. The summed E-state index contributed by atoms with van der Waals surface area (Å²) in [5.74, 6) is -15.7. The molecule has 422 valence electrons. The Bertz CT molecular complexity index is 2080. The van der Waals surface area contributed by atoms with E-state index < -0.39 is 188 Å². The number of primary amides is 1. The molecular weight excluding hydrogens is 1010 g/mol. The molecule has 1 fully saturated rings. The summed E-state index contributed by atoms with van der Waals surface area (Å²) in [4.78, 5) is 169. The molecule has 0 aromatic carbocycles. The molecule has 1 rings (SSSR count). The first-order chi connectivity index (χ1) is 35.1. The molecule has 1 heterocycles. The molecular formula is C44H73N13O17S. The van der Waals surface area contributed by atoms with Crippen LogP contribution in [-0.4, -0.2) is 188 Å². The number of hydrogen-bond acceptors (Lipinski definition) is 16. The van der Waals surface area contributed by atoms with Gasteiger partial charge in [0.1, 0.15) is 48.3 Å². The number of aliphatic carboxylic acids is 4. The molecule has 1 aliphatic heterocycles. The zero-order valence-corrected chi connectivity index (χ0v) is 43.1. The summed E-state index contributed by atoms with van der Waals surface area (Å²) < 4.78 is 0. The van der Waals surface area contributed by atoms with Crippen LogP contribution in [0.2, 0.25) is 0 Å². The number of carboxylic acid groups (broad SMARTS) is 4. The predicted octanol–water partition coefficient (Wildman–Crippen LogP) is -4.66. The van der Waals surface area contributed by atoms with Gasteiger partial charge in [0.25, 0.3) is 0 Å². The first-order valence-electron chi connectivity index (χ1n) is 24.1. The fraction of sp³-hybridized carbons (Fsp3) is 0.682. The van der Waals surface area contributed by atoms with Gasteiger partial charge in [0.2, 0.25) is 53.2 Å². The molecule has 75 heavy (non-hydrogen) atoms. The lowest BCUT2D eigenvalue weighted by Gasteiger charge is -2.30. The first kappa shape index (κ1) is 65.7.